The Balaban J connectivity index is 1.52. The van der Waals surface area contributed by atoms with E-state index in [-0.39, 0.29) is 0 Å². The van der Waals surface area contributed by atoms with Crippen molar-refractivity contribution >= 4 is 28.6 Å². The molecule has 1 aromatic carbocycles. The van der Waals surface area contributed by atoms with Crippen LogP contribution in [0.25, 0.3) is 11.2 Å². The summed E-state index contributed by atoms with van der Waals surface area (Å²) in [7, 11) is 0. The summed E-state index contributed by atoms with van der Waals surface area (Å²) in [5.74, 6) is 3.10. The first kappa shape index (κ1) is 18.9. The van der Waals surface area contributed by atoms with E-state index in [1.165, 1.54) is 32.1 Å². The van der Waals surface area contributed by atoms with Crippen molar-refractivity contribution in [1.82, 2.24) is 19.5 Å². The number of anilines is 3. The van der Waals surface area contributed by atoms with Crippen LogP contribution in [-0.4, -0.2) is 32.6 Å². The van der Waals surface area contributed by atoms with Crippen LogP contribution in [0.3, 0.4) is 0 Å². The summed E-state index contributed by atoms with van der Waals surface area (Å²) in [5, 5.41) is 12.6. The van der Waals surface area contributed by atoms with Gasteiger partial charge in [-0.05, 0) is 49.8 Å². The fourth-order valence-electron chi connectivity index (χ4n) is 4.98. The molecule has 1 saturated carbocycles. The predicted octanol–water partition coefficient (Wildman–Crippen LogP) is 4.48. The monoisotopic (exact) mass is 401 g/mol. The molecule has 1 aliphatic heterocycles. The fourth-order valence-corrected chi connectivity index (χ4v) is 4.98. The number of benzene rings is 1. The number of aryl methyl sites for hydroxylation is 1. The SMILES string of the molecule is CCn1cnc2c(Nc3cccc(C#N)c3)nc(N3CC[C@@H]4CCCC[C@@H]4C3)nc21. The number of nitrogens with zero attached hydrogens (tertiary/aromatic N) is 6. The average Bonchev–Trinajstić information content (AvgIpc) is 3.22. The summed E-state index contributed by atoms with van der Waals surface area (Å²) in [5.41, 5.74) is 3.06. The van der Waals surface area contributed by atoms with E-state index in [4.69, 9.17) is 9.97 Å². The van der Waals surface area contributed by atoms with Crippen molar-refractivity contribution in [3.63, 3.8) is 0 Å². The molecule has 0 spiro atoms. The summed E-state index contributed by atoms with van der Waals surface area (Å²) in [6.07, 6.45) is 8.49. The van der Waals surface area contributed by atoms with Gasteiger partial charge in [0, 0.05) is 25.3 Å². The van der Waals surface area contributed by atoms with E-state index < -0.39 is 0 Å². The number of fused-ring (bicyclic) bond motifs is 2. The molecule has 154 valence electrons. The van der Waals surface area contributed by atoms with Crippen molar-refractivity contribution in [2.75, 3.05) is 23.3 Å². The normalized spacial score (nSPS) is 21.3. The Morgan fingerprint density at radius 1 is 1.17 bits per heavy atom. The largest absolute Gasteiger partial charge is 0.340 e. The van der Waals surface area contributed by atoms with Crippen molar-refractivity contribution in [2.45, 2.75) is 45.6 Å². The zero-order valence-corrected chi connectivity index (χ0v) is 17.4. The van der Waals surface area contributed by atoms with E-state index in [2.05, 4.69) is 32.8 Å². The van der Waals surface area contributed by atoms with Gasteiger partial charge in [-0.1, -0.05) is 25.3 Å². The van der Waals surface area contributed by atoms with Gasteiger partial charge in [-0.25, -0.2) is 4.98 Å². The molecule has 2 aromatic heterocycles. The topological polar surface area (TPSA) is 82.7 Å². The molecular weight excluding hydrogens is 374 g/mol. The van der Waals surface area contributed by atoms with Crippen LogP contribution in [-0.2, 0) is 6.54 Å². The lowest BCUT2D eigenvalue weighted by Gasteiger charge is -2.41. The first-order chi connectivity index (χ1) is 14.7. The third-order valence-electron chi connectivity index (χ3n) is 6.62. The molecule has 0 bridgehead atoms. The summed E-state index contributed by atoms with van der Waals surface area (Å²) in [4.78, 5) is 16.8. The van der Waals surface area contributed by atoms with E-state index in [1.807, 2.05) is 24.5 Å². The van der Waals surface area contributed by atoms with Crippen LogP contribution in [0.15, 0.2) is 30.6 Å². The van der Waals surface area contributed by atoms with Crippen molar-refractivity contribution in [1.29, 1.82) is 5.26 Å². The number of aromatic nitrogens is 4. The van der Waals surface area contributed by atoms with Crippen LogP contribution in [0.2, 0.25) is 0 Å². The second-order valence-electron chi connectivity index (χ2n) is 8.43. The molecule has 7 heteroatoms. The molecule has 5 rings (SSSR count). The lowest BCUT2D eigenvalue weighted by Crippen LogP contribution is -2.42. The standard InChI is InChI=1S/C23H27N7/c1-2-29-15-25-20-21(26-19-9-5-6-16(12-19)13-24)27-23(28-22(20)29)30-11-10-17-7-3-4-8-18(17)14-30/h5-6,9,12,15,17-18H,2-4,7-8,10-11,14H2,1H3,(H,26,27,28)/t17-,18+/m0/s1. The van der Waals surface area contributed by atoms with Crippen molar-refractivity contribution < 1.29 is 0 Å². The van der Waals surface area contributed by atoms with Gasteiger partial charge in [-0.2, -0.15) is 15.2 Å². The maximum absolute atomic E-state index is 9.22. The molecule has 1 N–H and O–H groups in total. The van der Waals surface area contributed by atoms with Crippen LogP contribution in [0.1, 0.15) is 44.6 Å². The van der Waals surface area contributed by atoms with Crippen molar-refractivity contribution in [3.05, 3.63) is 36.2 Å². The molecule has 2 fully saturated rings. The van der Waals surface area contributed by atoms with Gasteiger partial charge in [0.05, 0.1) is 18.0 Å². The number of hydrogen-bond donors (Lipinski definition) is 1. The second-order valence-corrected chi connectivity index (χ2v) is 8.43. The highest BCUT2D eigenvalue weighted by Crippen LogP contribution is 2.37. The second kappa shape index (κ2) is 7.94. The number of nitrogens with one attached hydrogen (secondary N) is 1. The van der Waals surface area contributed by atoms with Gasteiger partial charge in [0.15, 0.2) is 17.0 Å². The van der Waals surface area contributed by atoms with Gasteiger partial charge in [0.1, 0.15) is 0 Å². The highest BCUT2D eigenvalue weighted by Gasteiger charge is 2.32. The molecule has 2 atom stereocenters. The van der Waals surface area contributed by atoms with Gasteiger partial charge in [0.25, 0.3) is 0 Å². The summed E-state index contributed by atoms with van der Waals surface area (Å²) < 4.78 is 2.06. The third-order valence-corrected chi connectivity index (χ3v) is 6.62. The molecular formula is C23H27N7. The van der Waals surface area contributed by atoms with Gasteiger partial charge in [-0.3, -0.25) is 0 Å². The Morgan fingerprint density at radius 3 is 2.87 bits per heavy atom. The molecule has 2 aliphatic rings. The van der Waals surface area contributed by atoms with Crippen LogP contribution >= 0.6 is 0 Å². The fraction of sp³-hybridized carbons (Fsp3) is 0.478. The van der Waals surface area contributed by atoms with E-state index in [1.54, 1.807) is 6.07 Å². The number of hydrogen-bond acceptors (Lipinski definition) is 6. The van der Waals surface area contributed by atoms with Gasteiger partial charge in [-0.15, -0.1) is 0 Å². The summed E-state index contributed by atoms with van der Waals surface area (Å²) >= 11 is 0. The number of imidazole rings is 1. The van der Waals surface area contributed by atoms with E-state index in [9.17, 15) is 5.26 Å². The first-order valence-electron chi connectivity index (χ1n) is 11.0. The van der Waals surface area contributed by atoms with Crippen LogP contribution in [0, 0.1) is 23.2 Å². The van der Waals surface area contributed by atoms with E-state index in [0.29, 0.717) is 11.4 Å². The number of piperidine rings is 1. The average molecular weight is 402 g/mol. The van der Waals surface area contributed by atoms with Crippen LogP contribution in [0.4, 0.5) is 17.5 Å². The molecule has 1 saturated heterocycles. The smallest absolute Gasteiger partial charge is 0.229 e. The molecule has 0 unspecified atom stereocenters. The molecule has 3 heterocycles. The minimum Gasteiger partial charge on any atom is -0.340 e. The summed E-state index contributed by atoms with van der Waals surface area (Å²) in [6, 6.07) is 9.64. The zero-order valence-electron chi connectivity index (χ0n) is 17.4. The van der Waals surface area contributed by atoms with Crippen molar-refractivity contribution in [3.8, 4) is 6.07 Å². The molecule has 3 aromatic rings. The minimum absolute atomic E-state index is 0.615. The summed E-state index contributed by atoms with van der Waals surface area (Å²) in [6.45, 7) is 4.96. The highest BCUT2D eigenvalue weighted by molar-refractivity contribution is 5.86. The zero-order chi connectivity index (χ0) is 20.5. The lowest BCUT2D eigenvalue weighted by atomic mass is 9.75. The van der Waals surface area contributed by atoms with Gasteiger partial charge < -0.3 is 14.8 Å². The highest BCUT2D eigenvalue weighted by atomic mass is 15.3. The molecule has 7 nitrogen and oxygen atoms in total. The number of nitriles is 1. The predicted molar refractivity (Wildman–Crippen MR) is 118 cm³/mol. The Morgan fingerprint density at radius 2 is 2.03 bits per heavy atom. The molecule has 0 amide bonds. The van der Waals surface area contributed by atoms with E-state index >= 15 is 0 Å². The number of rotatable bonds is 4. The van der Waals surface area contributed by atoms with Gasteiger partial charge >= 0.3 is 0 Å². The quantitative estimate of drug-likeness (QED) is 0.694. The molecule has 30 heavy (non-hydrogen) atoms. The van der Waals surface area contributed by atoms with E-state index in [0.717, 1.165) is 54.3 Å². The maximum atomic E-state index is 9.22. The Labute approximate surface area is 176 Å². The maximum Gasteiger partial charge on any atom is 0.229 e. The Hall–Kier alpha value is -3.14. The van der Waals surface area contributed by atoms with Crippen LogP contribution < -0.4 is 10.2 Å². The first-order valence-corrected chi connectivity index (χ1v) is 11.0. The Kier molecular flexibility index (Phi) is 4.99. The molecule has 0 radical (unpaired) electrons. The molecule has 1 aliphatic carbocycles. The Bertz CT molecular complexity index is 1100. The lowest BCUT2D eigenvalue weighted by molar-refractivity contribution is 0.201. The van der Waals surface area contributed by atoms with Crippen LogP contribution in [0.5, 0.6) is 0 Å². The van der Waals surface area contributed by atoms with Crippen molar-refractivity contribution in [2.24, 2.45) is 11.8 Å². The van der Waals surface area contributed by atoms with Gasteiger partial charge in [0.2, 0.25) is 5.95 Å². The third kappa shape index (κ3) is 3.47. The minimum atomic E-state index is 0.615.